The molecule has 0 atom stereocenters. The van der Waals surface area contributed by atoms with E-state index in [9.17, 15) is 0 Å². The van der Waals surface area contributed by atoms with Crippen molar-refractivity contribution in [3.63, 3.8) is 0 Å². The molecule has 0 amide bonds. The third kappa shape index (κ3) is 1.05. The van der Waals surface area contributed by atoms with Crippen LogP contribution in [-0.2, 0) is 0 Å². The minimum atomic E-state index is 0.430. The van der Waals surface area contributed by atoms with Crippen molar-refractivity contribution in [1.29, 1.82) is 0 Å². The Balaban J connectivity index is 2.91. The molecular weight excluding hydrogens is 160 g/mol. The summed E-state index contributed by atoms with van der Waals surface area (Å²) >= 11 is 5.76. The van der Waals surface area contributed by atoms with Crippen molar-refractivity contribution in [2.75, 3.05) is 0 Å². The van der Waals surface area contributed by atoms with Crippen molar-refractivity contribution in [1.82, 2.24) is 10.2 Å². The molecule has 0 saturated carbocycles. The van der Waals surface area contributed by atoms with Crippen LogP contribution in [0.25, 0.3) is 10.8 Å². The van der Waals surface area contributed by atoms with Crippen LogP contribution in [0, 0.1) is 6.20 Å². The monoisotopic (exact) mass is 163 g/mol. The van der Waals surface area contributed by atoms with Gasteiger partial charge in [-0.3, -0.25) is 0 Å². The molecule has 3 heteroatoms. The molecule has 2 aromatic rings. The first-order valence-corrected chi connectivity index (χ1v) is 3.54. The maximum atomic E-state index is 5.76. The Bertz CT molecular complexity index is 381. The van der Waals surface area contributed by atoms with Crippen LogP contribution in [0.2, 0.25) is 5.15 Å². The summed E-state index contributed by atoms with van der Waals surface area (Å²) in [5, 5.41) is 9.49. The van der Waals surface area contributed by atoms with E-state index in [0.717, 1.165) is 10.8 Å². The van der Waals surface area contributed by atoms with Gasteiger partial charge in [0, 0.05) is 10.8 Å². The molecule has 1 heterocycles. The Labute approximate surface area is 68.8 Å². The second kappa shape index (κ2) is 2.47. The van der Waals surface area contributed by atoms with Gasteiger partial charge in [-0.05, 0) is 0 Å². The molecule has 0 N–H and O–H groups in total. The first-order valence-electron chi connectivity index (χ1n) is 3.16. The van der Waals surface area contributed by atoms with Crippen LogP contribution in [0.15, 0.2) is 24.3 Å². The van der Waals surface area contributed by atoms with Gasteiger partial charge in [0.1, 0.15) is 6.20 Å². The molecule has 1 radical (unpaired) electrons. The lowest BCUT2D eigenvalue weighted by atomic mass is 10.2. The fraction of sp³-hybridized carbons (Fsp3) is 0. The average Bonchev–Trinajstić information content (AvgIpc) is 2.06. The highest BCUT2D eigenvalue weighted by Gasteiger charge is 1.97. The van der Waals surface area contributed by atoms with E-state index in [1.54, 1.807) is 0 Å². The summed E-state index contributed by atoms with van der Waals surface area (Å²) < 4.78 is 0. The van der Waals surface area contributed by atoms with E-state index in [0.29, 0.717) is 5.15 Å². The van der Waals surface area contributed by atoms with Crippen LogP contribution in [0.5, 0.6) is 0 Å². The van der Waals surface area contributed by atoms with Gasteiger partial charge >= 0.3 is 0 Å². The molecule has 11 heavy (non-hydrogen) atoms. The van der Waals surface area contributed by atoms with Crippen LogP contribution in [0.3, 0.4) is 0 Å². The minimum absolute atomic E-state index is 0.430. The zero-order chi connectivity index (χ0) is 7.68. The number of hydrogen-bond donors (Lipinski definition) is 0. The van der Waals surface area contributed by atoms with Gasteiger partial charge in [0.25, 0.3) is 0 Å². The van der Waals surface area contributed by atoms with Crippen molar-refractivity contribution in [2.45, 2.75) is 0 Å². The SMILES string of the molecule is Clc1nn[c]c2ccccc12. The number of halogens is 1. The first-order chi connectivity index (χ1) is 5.38. The zero-order valence-corrected chi connectivity index (χ0v) is 6.34. The lowest BCUT2D eigenvalue weighted by Crippen LogP contribution is -1.82. The van der Waals surface area contributed by atoms with Crippen LogP contribution in [0.4, 0.5) is 0 Å². The molecule has 0 bridgehead atoms. The molecule has 1 aromatic heterocycles. The Kier molecular flexibility index (Phi) is 1.47. The average molecular weight is 164 g/mol. The molecule has 0 aliphatic carbocycles. The van der Waals surface area contributed by atoms with E-state index in [1.807, 2.05) is 24.3 Å². The third-order valence-corrected chi connectivity index (χ3v) is 1.74. The van der Waals surface area contributed by atoms with Gasteiger partial charge < -0.3 is 0 Å². The van der Waals surface area contributed by atoms with Gasteiger partial charge in [-0.25, -0.2) is 0 Å². The summed E-state index contributed by atoms with van der Waals surface area (Å²) in [5.41, 5.74) is 0. The third-order valence-electron chi connectivity index (χ3n) is 1.46. The van der Waals surface area contributed by atoms with E-state index in [2.05, 4.69) is 16.4 Å². The molecule has 0 aliphatic heterocycles. The molecule has 0 unspecified atom stereocenters. The van der Waals surface area contributed by atoms with Crippen LogP contribution < -0.4 is 0 Å². The van der Waals surface area contributed by atoms with Crippen molar-refractivity contribution >= 4 is 22.4 Å². The molecule has 2 rings (SSSR count). The minimum Gasteiger partial charge on any atom is -0.147 e. The number of hydrogen-bond acceptors (Lipinski definition) is 2. The van der Waals surface area contributed by atoms with Gasteiger partial charge in [0.2, 0.25) is 0 Å². The number of rotatable bonds is 0. The molecule has 0 spiro atoms. The van der Waals surface area contributed by atoms with E-state index < -0.39 is 0 Å². The number of benzene rings is 1. The number of fused-ring (bicyclic) bond motifs is 1. The number of aromatic nitrogens is 2. The lowest BCUT2D eigenvalue weighted by molar-refractivity contribution is 1.04. The highest BCUT2D eigenvalue weighted by Crippen LogP contribution is 2.17. The standard InChI is InChI=1S/C8H4ClN2/c9-8-7-4-2-1-3-6(7)5-10-11-8/h1-4H. The molecule has 53 valence electrons. The molecule has 0 aliphatic rings. The molecule has 1 aromatic carbocycles. The quantitative estimate of drug-likeness (QED) is 0.594. The van der Waals surface area contributed by atoms with Crippen molar-refractivity contribution in [2.24, 2.45) is 0 Å². The topological polar surface area (TPSA) is 25.8 Å². The zero-order valence-electron chi connectivity index (χ0n) is 5.58. The van der Waals surface area contributed by atoms with Gasteiger partial charge in [-0.1, -0.05) is 35.9 Å². The largest absolute Gasteiger partial charge is 0.159 e. The Morgan fingerprint density at radius 3 is 2.91 bits per heavy atom. The summed E-state index contributed by atoms with van der Waals surface area (Å²) in [4.78, 5) is 0. The van der Waals surface area contributed by atoms with Crippen molar-refractivity contribution in [3.05, 3.63) is 35.6 Å². The maximum absolute atomic E-state index is 5.76. The Morgan fingerprint density at radius 2 is 2.09 bits per heavy atom. The molecule has 2 nitrogen and oxygen atoms in total. The summed E-state index contributed by atoms with van der Waals surface area (Å²) in [6.45, 7) is 0. The maximum Gasteiger partial charge on any atom is 0.159 e. The predicted molar refractivity (Wildman–Crippen MR) is 43.4 cm³/mol. The summed E-state index contributed by atoms with van der Waals surface area (Å²) in [5.74, 6) is 0. The molecular formula is C8H4ClN2. The normalized spacial score (nSPS) is 10.3. The van der Waals surface area contributed by atoms with Crippen LogP contribution in [-0.4, -0.2) is 10.2 Å². The molecule has 0 saturated heterocycles. The summed E-state index contributed by atoms with van der Waals surface area (Å²) in [7, 11) is 0. The second-order valence-electron chi connectivity index (χ2n) is 2.15. The van der Waals surface area contributed by atoms with Crippen molar-refractivity contribution in [3.8, 4) is 0 Å². The van der Waals surface area contributed by atoms with Crippen LogP contribution >= 0.6 is 11.6 Å². The van der Waals surface area contributed by atoms with E-state index in [-0.39, 0.29) is 0 Å². The van der Waals surface area contributed by atoms with Gasteiger partial charge in [-0.2, -0.15) is 0 Å². The smallest absolute Gasteiger partial charge is 0.147 e. The fourth-order valence-corrected chi connectivity index (χ4v) is 1.14. The van der Waals surface area contributed by atoms with Gasteiger partial charge in [-0.15, -0.1) is 10.2 Å². The second-order valence-corrected chi connectivity index (χ2v) is 2.51. The first kappa shape index (κ1) is 6.55. The number of nitrogens with zero attached hydrogens (tertiary/aromatic N) is 2. The van der Waals surface area contributed by atoms with Crippen LogP contribution in [0.1, 0.15) is 0 Å². The van der Waals surface area contributed by atoms with E-state index >= 15 is 0 Å². The van der Waals surface area contributed by atoms with E-state index in [1.165, 1.54) is 0 Å². The Morgan fingerprint density at radius 1 is 1.27 bits per heavy atom. The van der Waals surface area contributed by atoms with Gasteiger partial charge in [0.15, 0.2) is 5.15 Å². The fourth-order valence-electron chi connectivity index (χ4n) is 0.937. The Hall–Kier alpha value is -1.15. The predicted octanol–water partition coefficient (Wildman–Crippen LogP) is 2.08. The van der Waals surface area contributed by atoms with Crippen molar-refractivity contribution < 1.29 is 0 Å². The summed E-state index contributed by atoms with van der Waals surface area (Å²) in [6, 6.07) is 7.61. The van der Waals surface area contributed by atoms with E-state index in [4.69, 9.17) is 11.6 Å². The summed E-state index contributed by atoms with van der Waals surface area (Å²) in [6.07, 6.45) is 2.75. The highest BCUT2D eigenvalue weighted by atomic mass is 35.5. The lowest BCUT2D eigenvalue weighted by Gasteiger charge is -1.94. The molecule has 0 fully saturated rings. The van der Waals surface area contributed by atoms with Gasteiger partial charge in [0.05, 0.1) is 0 Å². The highest BCUT2D eigenvalue weighted by molar-refractivity contribution is 6.34.